The number of anilines is 1. The molecule has 1 aromatic carbocycles. The van der Waals surface area contributed by atoms with Crippen LogP contribution in [-0.4, -0.2) is 52.9 Å². The maximum absolute atomic E-state index is 12.6. The highest BCUT2D eigenvalue weighted by atomic mass is 16.6. The van der Waals surface area contributed by atoms with Crippen molar-refractivity contribution in [2.75, 3.05) is 18.4 Å². The van der Waals surface area contributed by atoms with E-state index < -0.39 is 11.7 Å². The fraction of sp³-hybridized carbons (Fsp3) is 0.556. The Balaban J connectivity index is 2.08. The van der Waals surface area contributed by atoms with Gasteiger partial charge < -0.3 is 19.5 Å². The molecule has 0 radical (unpaired) electrons. The van der Waals surface area contributed by atoms with E-state index in [2.05, 4.69) is 5.32 Å². The lowest BCUT2D eigenvalue weighted by atomic mass is 10.1. The van der Waals surface area contributed by atoms with Gasteiger partial charge in [0.05, 0.1) is 17.8 Å². The van der Waals surface area contributed by atoms with E-state index in [0.29, 0.717) is 18.8 Å². The van der Waals surface area contributed by atoms with E-state index in [-0.39, 0.29) is 29.4 Å². The Morgan fingerprint density at radius 3 is 2.36 bits per heavy atom. The third kappa shape index (κ3) is 5.35. The third-order valence-corrected chi connectivity index (χ3v) is 3.58. The van der Waals surface area contributed by atoms with Crippen LogP contribution in [0.1, 0.15) is 45.0 Å². The number of rotatable bonds is 2. The fourth-order valence-corrected chi connectivity index (χ4v) is 2.73. The van der Waals surface area contributed by atoms with E-state index in [0.717, 1.165) is 0 Å². The molecule has 0 saturated carbocycles. The van der Waals surface area contributed by atoms with E-state index >= 15 is 0 Å². The maximum Gasteiger partial charge on any atom is 0.412 e. The van der Waals surface area contributed by atoms with Crippen LogP contribution in [0.5, 0.6) is 5.75 Å². The SMILES string of the molecule is C[C@H]1CN(C(=O)c2ccc(NC(=O)OC(C)(C)C)cc2O)C[C@H](C)O1. The van der Waals surface area contributed by atoms with Crippen LogP contribution in [0.2, 0.25) is 0 Å². The van der Waals surface area contributed by atoms with Crippen LogP contribution < -0.4 is 5.32 Å². The van der Waals surface area contributed by atoms with Gasteiger partial charge in [0.2, 0.25) is 0 Å². The molecule has 2 amide bonds. The van der Waals surface area contributed by atoms with Gasteiger partial charge in [0, 0.05) is 24.8 Å². The Hall–Kier alpha value is -2.28. The normalized spacial score (nSPS) is 20.9. The van der Waals surface area contributed by atoms with Gasteiger partial charge in [-0.25, -0.2) is 4.79 Å². The molecule has 25 heavy (non-hydrogen) atoms. The predicted molar refractivity (Wildman–Crippen MR) is 93.9 cm³/mol. The van der Waals surface area contributed by atoms with Gasteiger partial charge >= 0.3 is 6.09 Å². The van der Waals surface area contributed by atoms with E-state index in [4.69, 9.17) is 9.47 Å². The second-order valence-electron chi connectivity index (χ2n) is 7.33. The summed E-state index contributed by atoms with van der Waals surface area (Å²) in [6.07, 6.45) is -0.729. The van der Waals surface area contributed by atoms with Crippen LogP contribution in [-0.2, 0) is 9.47 Å². The molecule has 1 aromatic rings. The van der Waals surface area contributed by atoms with Crippen molar-refractivity contribution in [1.82, 2.24) is 4.90 Å². The summed E-state index contributed by atoms with van der Waals surface area (Å²) in [5.41, 5.74) is -0.0748. The number of hydrogen-bond acceptors (Lipinski definition) is 5. The molecule has 1 aliphatic rings. The molecule has 0 spiro atoms. The van der Waals surface area contributed by atoms with Crippen LogP contribution >= 0.6 is 0 Å². The van der Waals surface area contributed by atoms with Crippen molar-refractivity contribution in [3.8, 4) is 5.75 Å². The summed E-state index contributed by atoms with van der Waals surface area (Å²) in [5.74, 6) is -0.450. The van der Waals surface area contributed by atoms with Gasteiger partial charge in [-0.05, 0) is 46.8 Å². The number of phenolic OH excluding ortho intramolecular Hbond substituents is 1. The molecule has 1 saturated heterocycles. The summed E-state index contributed by atoms with van der Waals surface area (Å²) in [7, 11) is 0. The van der Waals surface area contributed by atoms with Crippen LogP contribution in [0.4, 0.5) is 10.5 Å². The molecule has 2 N–H and O–H groups in total. The summed E-state index contributed by atoms with van der Waals surface area (Å²) in [5, 5.41) is 12.7. The number of carbonyl (C=O) groups excluding carboxylic acids is 2. The fourth-order valence-electron chi connectivity index (χ4n) is 2.73. The average molecular weight is 350 g/mol. The Kier molecular flexibility index (Phi) is 5.57. The molecular formula is C18H26N2O5. The topological polar surface area (TPSA) is 88.1 Å². The van der Waals surface area contributed by atoms with E-state index in [1.807, 2.05) is 13.8 Å². The van der Waals surface area contributed by atoms with Gasteiger partial charge in [0.25, 0.3) is 5.91 Å². The smallest absolute Gasteiger partial charge is 0.412 e. The minimum Gasteiger partial charge on any atom is -0.507 e. The highest BCUT2D eigenvalue weighted by molar-refractivity contribution is 5.98. The number of phenols is 1. The lowest BCUT2D eigenvalue weighted by Gasteiger charge is -2.35. The van der Waals surface area contributed by atoms with Crippen molar-refractivity contribution in [2.24, 2.45) is 0 Å². The number of amides is 2. The Bertz CT molecular complexity index is 643. The Morgan fingerprint density at radius 1 is 1.24 bits per heavy atom. The van der Waals surface area contributed by atoms with Gasteiger partial charge in [-0.15, -0.1) is 0 Å². The quantitative estimate of drug-likeness (QED) is 0.856. The number of morpholine rings is 1. The first-order chi connectivity index (χ1) is 11.5. The Morgan fingerprint density at radius 2 is 1.84 bits per heavy atom. The number of carbonyl (C=O) groups is 2. The molecule has 7 nitrogen and oxygen atoms in total. The van der Waals surface area contributed by atoms with Crippen molar-refractivity contribution >= 4 is 17.7 Å². The van der Waals surface area contributed by atoms with Gasteiger partial charge in [-0.2, -0.15) is 0 Å². The van der Waals surface area contributed by atoms with E-state index in [9.17, 15) is 14.7 Å². The van der Waals surface area contributed by atoms with Crippen molar-refractivity contribution < 1.29 is 24.2 Å². The maximum atomic E-state index is 12.6. The highest BCUT2D eigenvalue weighted by Crippen LogP contribution is 2.25. The first-order valence-corrected chi connectivity index (χ1v) is 8.33. The van der Waals surface area contributed by atoms with Crippen LogP contribution in [0.25, 0.3) is 0 Å². The number of benzene rings is 1. The molecule has 0 bridgehead atoms. The van der Waals surface area contributed by atoms with Crippen molar-refractivity contribution in [1.29, 1.82) is 0 Å². The summed E-state index contributed by atoms with van der Waals surface area (Å²) in [6, 6.07) is 4.39. The van der Waals surface area contributed by atoms with Crippen LogP contribution in [0.15, 0.2) is 18.2 Å². The summed E-state index contributed by atoms with van der Waals surface area (Å²) in [6.45, 7) is 10.0. The average Bonchev–Trinajstić information content (AvgIpc) is 2.43. The zero-order valence-corrected chi connectivity index (χ0v) is 15.3. The second kappa shape index (κ2) is 7.31. The molecule has 0 aromatic heterocycles. The molecule has 1 fully saturated rings. The standard InChI is InChI=1S/C18H26N2O5/c1-11-9-20(10-12(2)24-11)16(22)14-7-6-13(8-15(14)21)19-17(23)25-18(3,4)5/h6-8,11-12,21H,9-10H2,1-5H3,(H,19,23)/t11-,12-/m0/s1. The van der Waals surface area contributed by atoms with Crippen LogP contribution in [0.3, 0.4) is 0 Å². The second-order valence-corrected chi connectivity index (χ2v) is 7.33. The predicted octanol–water partition coefficient (Wildman–Crippen LogP) is 2.99. The number of nitrogens with zero attached hydrogens (tertiary/aromatic N) is 1. The molecule has 138 valence electrons. The molecule has 2 atom stereocenters. The van der Waals surface area contributed by atoms with Gasteiger partial charge in [-0.3, -0.25) is 10.1 Å². The number of aromatic hydroxyl groups is 1. The first kappa shape index (κ1) is 19.1. The largest absolute Gasteiger partial charge is 0.507 e. The molecule has 1 heterocycles. The molecule has 2 rings (SSSR count). The monoisotopic (exact) mass is 350 g/mol. The summed E-state index contributed by atoms with van der Waals surface area (Å²) in [4.78, 5) is 26.1. The van der Waals surface area contributed by atoms with Crippen LogP contribution in [0, 0.1) is 0 Å². The molecular weight excluding hydrogens is 324 g/mol. The van der Waals surface area contributed by atoms with Crippen molar-refractivity contribution in [3.05, 3.63) is 23.8 Å². The Labute approximate surface area is 147 Å². The molecule has 1 aliphatic heterocycles. The molecule has 0 aliphatic carbocycles. The minimum atomic E-state index is -0.623. The molecule has 7 heteroatoms. The van der Waals surface area contributed by atoms with Gasteiger partial charge in [-0.1, -0.05) is 0 Å². The van der Waals surface area contributed by atoms with Crippen molar-refractivity contribution in [2.45, 2.75) is 52.4 Å². The molecule has 0 unspecified atom stereocenters. The number of hydrogen-bond donors (Lipinski definition) is 2. The third-order valence-electron chi connectivity index (χ3n) is 3.58. The zero-order chi connectivity index (χ0) is 18.8. The van der Waals surface area contributed by atoms with Gasteiger partial charge in [0.1, 0.15) is 11.4 Å². The minimum absolute atomic E-state index is 0.0528. The van der Waals surface area contributed by atoms with E-state index in [1.54, 1.807) is 31.7 Å². The van der Waals surface area contributed by atoms with Crippen molar-refractivity contribution in [3.63, 3.8) is 0 Å². The number of nitrogens with one attached hydrogen (secondary N) is 1. The first-order valence-electron chi connectivity index (χ1n) is 8.33. The summed E-state index contributed by atoms with van der Waals surface area (Å²) >= 11 is 0. The highest BCUT2D eigenvalue weighted by Gasteiger charge is 2.28. The zero-order valence-electron chi connectivity index (χ0n) is 15.3. The summed E-state index contributed by atoms with van der Waals surface area (Å²) < 4.78 is 10.8. The lowest BCUT2D eigenvalue weighted by Crippen LogP contribution is -2.48. The van der Waals surface area contributed by atoms with Gasteiger partial charge in [0.15, 0.2) is 0 Å². The number of ether oxygens (including phenoxy) is 2. The lowest BCUT2D eigenvalue weighted by molar-refractivity contribution is -0.0586. The van der Waals surface area contributed by atoms with E-state index in [1.165, 1.54) is 12.1 Å².